The summed E-state index contributed by atoms with van der Waals surface area (Å²) >= 11 is 15.4. The summed E-state index contributed by atoms with van der Waals surface area (Å²) in [6.45, 7) is 2.51. The van der Waals surface area contributed by atoms with Crippen molar-refractivity contribution in [3.63, 3.8) is 0 Å². The van der Waals surface area contributed by atoms with Crippen LogP contribution in [-0.4, -0.2) is 21.7 Å². The van der Waals surface area contributed by atoms with Crippen molar-refractivity contribution in [3.8, 4) is 0 Å². The lowest BCUT2D eigenvalue weighted by Gasteiger charge is -2.24. The number of hydrogen-bond donors (Lipinski definition) is 0. The lowest BCUT2D eigenvalue weighted by atomic mass is 9.97. The third kappa shape index (κ3) is 5.48. The highest BCUT2D eigenvalue weighted by Crippen LogP contribution is 2.37. The quantitative estimate of drug-likeness (QED) is 0.168. The van der Waals surface area contributed by atoms with E-state index >= 15 is 0 Å². The Morgan fingerprint density at radius 1 is 1.02 bits per heavy atom. The summed E-state index contributed by atoms with van der Waals surface area (Å²) in [7, 11) is 0. The average Bonchev–Trinajstić information content (AvgIpc) is 3.77. The summed E-state index contributed by atoms with van der Waals surface area (Å²) in [4.78, 5) is 34.2. The van der Waals surface area contributed by atoms with Crippen LogP contribution in [0.4, 0.5) is 0 Å². The molecule has 4 heterocycles. The molecule has 224 valence electrons. The number of esters is 1. The normalized spacial score (nSPS) is 14.9. The fourth-order valence-electron chi connectivity index (χ4n) is 5.65. The average molecular weight is 671 g/mol. The molecule has 0 unspecified atom stereocenters. The molecule has 1 aliphatic heterocycles. The molecule has 0 aliphatic carbocycles. The number of fused-ring (bicyclic) bond motifs is 2. The Hall–Kier alpha value is -4.21. The van der Waals surface area contributed by atoms with Crippen LogP contribution in [-0.2, 0) is 16.1 Å². The number of halogens is 2. The van der Waals surface area contributed by atoms with E-state index in [2.05, 4.69) is 4.57 Å². The number of nitrogens with zero attached hydrogens (tertiary/aromatic N) is 3. The van der Waals surface area contributed by atoms with Crippen molar-refractivity contribution < 1.29 is 9.53 Å². The lowest BCUT2D eigenvalue weighted by Crippen LogP contribution is -2.39. The molecule has 3 aromatic carbocycles. The number of aromatic nitrogens is 2. The number of ether oxygens (including phenoxy) is 1. The van der Waals surface area contributed by atoms with Crippen molar-refractivity contribution >= 4 is 74.5 Å². The molecule has 1 atom stereocenters. The molecule has 3 aromatic heterocycles. The van der Waals surface area contributed by atoms with Gasteiger partial charge in [-0.3, -0.25) is 9.36 Å². The van der Waals surface area contributed by atoms with Gasteiger partial charge in [-0.15, -0.1) is 11.3 Å². The lowest BCUT2D eigenvalue weighted by molar-refractivity contribution is -0.138. The van der Waals surface area contributed by atoms with E-state index in [4.69, 9.17) is 32.9 Å². The van der Waals surface area contributed by atoms with Gasteiger partial charge in [0.15, 0.2) is 4.80 Å². The Balaban J connectivity index is 1.43. The SMILES string of the molecule is CCOC(=O)C1=C(c2ccccc2)N=c2s/c(=C\c3cn(Cc4ccc(Cl)cc4Cl)c4ccccc34)c(=O)n2[C@H]1c1cccs1. The van der Waals surface area contributed by atoms with E-state index in [1.54, 1.807) is 17.6 Å². The number of thiophene rings is 1. The summed E-state index contributed by atoms with van der Waals surface area (Å²) in [6, 6.07) is 26.3. The van der Waals surface area contributed by atoms with Crippen LogP contribution in [0.3, 0.4) is 0 Å². The van der Waals surface area contributed by atoms with E-state index in [0.29, 0.717) is 37.2 Å². The van der Waals surface area contributed by atoms with Crippen molar-refractivity contribution in [3.05, 3.63) is 153 Å². The maximum absolute atomic E-state index is 14.3. The second-order valence-corrected chi connectivity index (χ2v) is 13.2. The Morgan fingerprint density at radius 2 is 1.82 bits per heavy atom. The number of carbonyl (C=O) groups excluding carboxylic acids is 1. The first-order chi connectivity index (χ1) is 21.9. The summed E-state index contributed by atoms with van der Waals surface area (Å²) in [6.07, 6.45) is 3.94. The topological polar surface area (TPSA) is 65.6 Å². The number of rotatable bonds is 7. The fraction of sp³-hybridized carbons (Fsp3) is 0.114. The van der Waals surface area contributed by atoms with Crippen molar-refractivity contribution in [2.75, 3.05) is 6.61 Å². The van der Waals surface area contributed by atoms with Gasteiger partial charge in [0.05, 0.1) is 22.4 Å². The third-order valence-corrected chi connectivity index (χ3v) is 10.1. The van der Waals surface area contributed by atoms with E-state index in [1.807, 2.05) is 96.5 Å². The van der Waals surface area contributed by atoms with Gasteiger partial charge in [-0.1, -0.05) is 95.2 Å². The van der Waals surface area contributed by atoms with Gasteiger partial charge in [0.1, 0.15) is 6.04 Å². The number of benzene rings is 3. The van der Waals surface area contributed by atoms with E-state index < -0.39 is 12.0 Å². The first-order valence-corrected chi connectivity index (χ1v) is 16.7. The largest absolute Gasteiger partial charge is 0.463 e. The molecular weight excluding hydrogens is 645 g/mol. The van der Waals surface area contributed by atoms with E-state index in [-0.39, 0.29) is 12.2 Å². The molecule has 0 spiro atoms. The highest BCUT2D eigenvalue weighted by atomic mass is 35.5. The van der Waals surface area contributed by atoms with Crippen LogP contribution >= 0.6 is 45.9 Å². The van der Waals surface area contributed by atoms with Crippen molar-refractivity contribution in [2.24, 2.45) is 4.99 Å². The molecular formula is C35H25Cl2N3O3S2. The zero-order valence-corrected chi connectivity index (χ0v) is 27.1. The summed E-state index contributed by atoms with van der Waals surface area (Å²) in [5.74, 6) is -0.489. The summed E-state index contributed by atoms with van der Waals surface area (Å²) in [5, 5.41) is 4.12. The van der Waals surface area contributed by atoms with Gasteiger partial charge in [0.25, 0.3) is 5.56 Å². The Bertz CT molecular complexity index is 2280. The predicted octanol–water partition coefficient (Wildman–Crippen LogP) is 7.31. The minimum atomic E-state index is -0.675. The van der Waals surface area contributed by atoms with Crippen LogP contribution in [0, 0.1) is 0 Å². The van der Waals surface area contributed by atoms with Gasteiger partial charge in [0, 0.05) is 49.7 Å². The molecule has 1 aliphatic rings. The molecule has 6 nitrogen and oxygen atoms in total. The highest BCUT2D eigenvalue weighted by molar-refractivity contribution is 7.10. The third-order valence-electron chi connectivity index (χ3n) is 7.65. The molecule has 0 amide bonds. The molecule has 0 fully saturated rings. The zero-order chi connectivity index (χ0) is 31.1. The number of para-hydroxylation sites is 1. The predicted molar refractivity (Wildman–Crippen MR) is 183 cm³/mol. The Labute approximate surface area is 276 Å². The van der Waals surface area contributed by atoms with Gasteiger partial charge in [-0.05, 0) is 48.2 Å². The molecule has 0 N–H and O–H groups in total. The molecule has 0 saturated carbocycles. The number of thiazole rings is 1. The van der Waals surface area contributed by atoms with E-state index in [0.717, 1.165) is 32.5 Å². The smallest absolute Gasteiger partial charge is 0.338 e. The molecule has 7 rings (SSSR count). The molecule has 10 heteroatoms. The van der Waals surface area contributed by atoms with E-state index in [1.165, 1.54) is 22.7 Å². The maximum atomic E-state index is 14.3. The van der Waals surface area contributed by atoms with Crippen molar-refractivity contribution in [1.82, 2.24) is 9.13 Å². The fourth-order valence-corrected chi connectivity index (χ4v) is 7.94. The molecule has 0 saturated heterocycles. The van der Waals surface area contributed by atoms with E-state index in [9.17, 15) is 9.59 Å². The summed E-state index contributed by atoms with van der Waals surface area (Å²) < 4.78 is 9.81. The minimum Gasteiger partial charge on any atom is -0.463 e. The van der Waals surface area contributed by atoms with Crippen molar-refractivity contribution in [1.29, 1.82) is 0 Å². The standard InChI is InChI=1S/C35H25Cl2N3O3S2/c1-2-43-34(42)30-31(21-9-4-3-5-10-21)38-35-40(32(30)28-13-8-16-44-28)33(41)29(45-35)17-23-20-39(27-12-7-6-11-25(23)27)19-22-14-15-24(36)18-26(22)37/h3-18,20,32H,2,19H2,1H3/b29-17-/t32-/m0/s1. The van der Waals surface area contributed by atoms with Gasteiger partial charge in [0.2, 0.25) is 0 Å². The minimum absolute atomic E-state index is 0.206. The zero-order valence-electron chi connectivity index (χ0n) is 23.9. The summed E-state index contributed by atoms with van der Waals surface area (Å²) in [5.41, 5.74) is 4.25. The maximum Gasteiger partial charge on any atom is 0.338 e. The second kappa shape index (κ2) is 12.3. The number of hydrogen-bond acceptors (Lipinski definition) is 6. The van der Waals surface area contributed by atoms with Crippen LogP contribution in [0.25, 0.3) is 22.7 Å². The molecule has 6 aromatic rings. The van der Waals surface area contributed by atoms with Crippen LogP contribution in [0.2, 0.25) is 10.0 Å². The van der Waals surface area contributed by atoms with Crippen LogP contribution < -0.4 is 14.9 Å². The Kier molecular flexibility index (Phi) is 8.06. The molecule has 0 radical (unpaired) electrons. The monoisotopic (exact) mass is 669 g/mol. The van der Waals surface area contributed by atoms with Gasteiger partial charge < -0.3 is 9.30 Å². The first-order valence-electron chi connectivity index (χ1n) is 14.3. The van der Waals surface area contributed by atoms with Crippen LogP contribution in [0.1, 0.15) is 34.5 Å². The van der Waals surface area contributed by atoms with Crippen LogP contribution in [0.15, 0.2) is 112 Å². The number of carbonyl (C=O) groups is 1. The first kappa shape index (κ1) is 29.5. The second-order valence-electron chi connectivity index (χ2n) is 10.4. The molecule has 45 heavy (non-hydrogen) atoms. The van der Waals surface area contributed by atoms with Gasteiger partial charge in [-0.25, -0.2) is 9.79 Å². The molecule has 0 bridgehead atoms. The van der Waals surface area contributed by atoms with Gasteiger partial charge >= 0.3 is 5.97 Å². The van der Waals surface area contributed by atoms with Crippen molar-refractivity contribution in [2.45, 2.75) is 19.5 Å². The van der Waals surface area contributed by atoms with Crippen LogP contribution in [0.5, 0.6) is 0 Å². The Morgan fingerprint density at radius 3 is 2.58 bits per heavy atom. The van der Waals surface area contributed by atoms with Gasteiger partial charge in [-0.2, -0.15) is 0 Å². The highest BCUT2D eigenvalue weighted by Gasteiger charge is 2.35.